The molecule has 0 spiro atoms. The van der Waals surface area contributed by atoms with Crippen molar-refractivity contribution in [3.63, 3.8) is 0 Å². The number of likely N-dealkylation sites (N-methyl/N-ethyl adjacent to an activating group) is 1. The quantitative estimate of drug-likeness (QED) is 0.698. The van der Waals surface area contributed by atoms with Crippen molar-refractivity contribution in [1.29, 1.82) is 0 Å². The van der Waals surface area contributed by atoms with Crippen molar-refractivity contribution < 1.29 is 13.2 Å². The van der Waals surface area contributed by atoms with Crippen LogP contribution in [0.15, 0.2) is 53.4 Å². The van der Waals surface area contributed by atoms with Crippen LogP contribution in [0.5, 0.6) is 0 Å². The molecular formula is C18H24ClN3O3S. The van der Waals surface area contributed by atoms with Gasteiger partial charge in [0.2, 0.25) is 15.9 Å². The van der Waals surface area contributed by atoms with Crippen LogP contribution in [0.3, 0.4) is 0 Å². The van der Waals surface area contributed by atoms with E-state index in [0.717, 1.165) is 11.1 Å². The average molecular weight is 398 g/mol. The molecule has 0 heterocycles. The Hall–Kier alpha value is -2.09. The van der Waals surface area contributed by atoms with Gasteiger partial charge in [-0.25, -0.2) is 13.1 Å². The molecule has 0 aliphatic rings. The van der Waals surface area contributed by atoms with Crippen LogP contribution in [0, 0.1) is 6.92 Å². The number of nitrogens with one attached hydrogen (secondary N) is 1. The van der Waals surface area contributed by atoms with E-state index in [-0.39, 0.29) is 36.2 Å². The lowest BCUT2D eigenvalue weighted by Gasteiger charge is -2.17. The zero-order valence-corrected chi connectivity index (χ0v) is 16.4. The maximum atomic E-state index is 12.2. The van der Waals surface area contributed by atoms with Gasteiger partial charge >= 0.3 is 0 Å². The number of halogens is 1. The molecule has 0 aliphatic carbocycles. The summed E-state index contributed by atoms with van der Waals surface area (Å²) in [5.74, 6) is -0.0840. The lowest BCUT2D eigenvalue weighted by molar-refractivity contribution is -0.129. The number of carbonyl (C=O) groups excluding carboxylic acids is 1. The first-order valence-corrected chi connectivity index (χ1v) is 9.41. The fraction of sp³-hybridized carbons (Fsp3) is 0.278. The summed E-state index contributed by atoms with van der Waals surface area (Å²) in [6.07, 6.45) is 0.251. The van der Waals surface area contributed by atoms with E-state index < -0.39 is 10.0 Å². The molecule has 0 aliphatic heterocycles. The number of anilines is 1. The van der Waals surface area contributed by atoms with Gasteiger partial charge in [0.25, 0.3) is 0 Å². The Balaban J connectivity index is 0.00000338. The van der Waals surface area contributed by atoms with Gasteiger partial charge in [-0.05, 0) is 36.8 Å². The second-order valence-electron chi connectivity index (χ2n) is 5.94. The first-order valence-electron chi connectivity index (χ1n) is 7.92. The van der Waals surface area contributed by atoms with E-state index in [1.54, 1.807) is 55.6 Å². The highest BCUT2D eigenvalue weighted by molar-refractivity contribution is 7.89. The highest BCUT2D eigenvalue weighted by Crippen LogP contribution is 2.10. The number of carbonyl (C=O) groups is 1. The fourth-order valence-corrected chi connectivity index (χ4v) is 3.24. The predicted octanol–water partition coefficient (Wildman–Crippen LogP) is 1.98. The number of amides is 1. The van der Waals surface area contributed by atoms with E-state index in [0.29, 0.717) is 12.2 Å². The zero-order valence-electron chi connectivity index (χ0n) is 14.8. The lowest BCUT2D eigenvalue weighted by atomic mass is 10.1. The summed E-state index contributed by atoms with van der Waals surface area (Å²) in [6.45, 7) is 2.34. The fourth-order valence-electron chi connectivity index (χ4n) is 2.22. The van der Waals surface area contributed by atoms with Crippen molar-refractivity contribution in [3.05, 3.63) is 59.7 Å². The Morgan fingerprint density at radius 2 is 1.65 bits per heavy atom. The van der Waals surface area contributed by atoms with E-state index in [9.17, 15) is 13.2 Å². The molecule has 0 saturated carbocycles. The smallest absolute Gasteiger partial charge is 0.240 e. The summed E-state index contributed by atoms with van der Waals surface area (Å²) in [5, 5.41) is 0. The molecule has 0 atom stereocenters. The van der Waals surface area contributed by atoms with Gasteiger partial charge in [0, 0.05) is 25.8 Å². The minimum atomic E-state index is -3.56. The van der Waals surface area contributed by atoms with Gasteiger partial charge < -0.3 is 10.6 Å². The molecule has 0 aromatic heterocycles. The molecule has 0 bridgehead atoms. The van der Waals surface area contributed by atoms with Gasteiger partial charge in [-0.1, -0.05) is 29.8 Å². The molecule has 0 saturated heterocycles. The van der Waals surface area contributed by atoms with Crippen molar-refractivity contribution >= 4 is 34.0 Å². The summed E-state index contributed by atoms with van der Waals surface area (Å²) in [5.41, 5.74) is 8.13. The number of nitrogen functional groups attached to an aromatic ring is 1. The second kappa shape index (κ2) is 9.56. The molecular weight excluding hydrogens is 374 g/mol. The molecule has 26 heavy (non-hydrogen) atoms. The first-order chi connectivity index (χ1) is 11.8. The molecule has 2 rings (SSSR count). The summed E-state index contributed by atoms with van der Waals surface area (Å²) in [4.78, 5) is 13.9. The highest BCUT2D eigenvalue weighted by Gasteiger charge is 2.15. The summed E-state index contributed by atoms with van der Waals surface area (Å²) < 4.78 is 26.9. The van der Waals surface area contributed by atoms with Crippen LogP contribution in [0.1, 0.15) is 11.1 Å². The molecule has 2 aromatic carbocycles. The monoisotopic (exact) mass is 397 g/mol. The van der Waals surface area contributed by atoms with Crippen molar-refractivity contribution in [2.75, 3.05) is 25.9 Å². The van der Waals surface area contributed by atoms with Gasteiger partial charge in [0.15, 0.2) is 0 Å². The van der Waals surface area contributed by atoms with Gasteiger partial charge in [-0.3, -0.25) is 4.79 Å². The van der Waals surface area contributed by atoms with Crippen LogP contribution in [0.25, 0.3) is 0 Å². The standard InChI is InChI=1S/C18H23N3O3S.ClH/c1-14-3-9-17(10-4-14)25(23,24)20-11-12-21(2)18(22)13-15-5-7-16(19)8-6-15;/h3-10,20H,11-13,19H2,1-2H3;1H. The molecule has 6 nitrogen and oxygen atoms in total. The Labute approximate surface area is 160 Å². The van der Waals surface area contributed by atoms with E-state index >= 15 is 0 Å². The number of hydrogen-bond donors (Lipinski definition) is 2. The largest absolute Gasteiger partial charge is 0.399 e. The highest BCUT2D eigenvalue weighted by atomic mass is 35.5. The second-order valence-corrected chi connectivity index (χ2v) is 7.71. The maximum Gasteiger partial charge on any atom is 0.240 e. The first kappa shape index (κ1) is 22.0. The Morgan fingerprint density at radius 3 is 2.23 bits per heavy atom. The van der Waals surface area contributed by atoms with Crippen LogP contribution in [-0.2, 0) is 21.2 Å². The predicted molar refractivity (Wildman–Crippen MR) is 106 cm³/mol. The van der Waals surface area contributed by atoms with Crippen molar-refractivity contribution in [2.45, 2.75) is 18.2 Å². The van der Waals surface area contributed by atoms with Crippen LogP contribution in [0.4, 0.5) is 5.69 Å². The number of rotatable bonds is 7. The van der Waals surface area contributed by atoms with Crippen molar-refractivity contribution in [1.82, 2.24) is 9.62 Å². The van der Waals surface area contributed by atoms with Crippen molar-refractivity contribution in [3.8, 4) is 0 Å². The third-order valence-electron chi connectivity index (χ3n) is 3.83. The summed E-state index contributed by atoms with van der Waals surface area (Å²) in [7, 11) is -1.91. The molecule has 0 radical (unpaired) electrons. The van der Waals surface area contributed by atoms with E-state index in [1.807, 2.05) is 6.92 Å². The SMILES string of the molecule is Cc1ccc(S(=O)(=O)NCCN(C)C(=O)Cc2ccc(N)cc2)cc1.Cl. The topological polar surface area (TPSA) is 92.5 Å². The number of sulfonamides is 1. The number of hydrogen-bond acceptors (Lipinski definition) is 4. The van der Waals surface area contributed by atoms with Crippen LogP contribution < -0.4 is 10.5 Å². The van der Waals surface area contributed by atoms with Crippen LogP contribution in [-0.4, -0.2) is 39.4 Å². The van der Waals surface area contributed by atoms with E-state index in [4.69, 9.17) is 5.73 Å². The van der Waals surface area contributed by atoms with Gasteiger partial charge in [0.1, 0.15) is 0 Å². The number of aryl methyl sites for hydroxylation is 1. The van der Waals surface area contributed by atoms with E-state index in [2.05, 4.69) is 4.72 Å². The Morgan fingerprint density at radius 1 is 1.08 bits per heavy atom. The molecule has 8 heteroatoms. The van der Waals surface area contributed by atoms with E-state index in [1.165, 1.54) is 4.90 Å². The normalized spacial score (nSPS) is 10.8. The zero-order chi connectivity index (χ0) is 18.4. The van der Waals surface area contributed by atoms with Crippen LogP contribution in [0.2, 0.25) is 0 Å². The summed E-state index contributed by atoms with van der Waals surface area (Å²) >= 11 is 0. The molecule has 0 unspecified atom stereocenters. The third-order valence-corrected chi connectivity index (χ3v) is 5.31. The van der Waals surface area contributed by atoms with Gasteiger partial charge in [-0.2, -0.15) is 0 Å². The Kier molecular flexibility index (Phi) is 8.08. The third kappa shape index (κ3) is 6.33. The minimum Gasteiger partial charge on any atom is -0.399 e. The lowest BCUT2D eigenvalue weighted by Crippen LogP contribution is -2.36. The minimum absolute atomic E-state index is 0. The number of nitrogens with zero attached hydrogens (tertiary/aromatic N) is 1. The Bertz CT molecular complexity index is 822. The van der Waals surface area contributed by atoms with Crippen molar-refractivity contribution in [2.24, 2.45) is 0 Å². The molecule has 2 aromatic rings. The number of nitrogens with two attached hydrogens (primary N) is 1. The number of benzene rings is 2. The molecule has 3 N–H and O–H groups in total. The van der Waals surface area contributed by atoms with Gasteiger partial charge in [0.05, 0.1) is 11.3 Å². The maximum absolute atomic E-state index is 12.2. The summed E-state index contributed by atoms with van der Waals surface area (Å²) in [6, 6.07) is 13.7. The van der Waals surface area contributed by atoms with Gasteiger partial charge in [-0.15, -0.1) is 12.4 Å². The molecule has 142 valence electrons. The average Bonchev–Trinajstić information content (AvgIpc) is 2.57. The molecule has 0 fully saturated rings. The molecule has 1 amide bonds. The van der Waals surface area contributed by atoms with Crippen LogP contribution >= 0.6 is 12.4 Å².